The van der Waals surface area contributed by atoms with Crippen LogP contribution in [0.15, 0.2) is 17.0 Å². The van der Waals surface area contributed by atoms with Crippen LogP contribution in [0.2, 0.25) is 5.02 Å². The number of nitrogens with two attached hydrogens (primary N) is 1. The number of sulfonamides is 1. The third-order valence-corrected chi connectivity index (χ3v) is 5.30. The molecule has 0 aliphatic heterocycles. The molecule has 0 spiro atoms. The molecule has 0 unspecified atom stereocenters. The Morgan fingerprint density at radius 3 is 2.62 bits per heavy atom. The van der Waals surface area contributed by atoms with Crippen LogP contribution in [0.5, 0.6) is 0 Å². The van der Waals surface area contributed by atoms with Crippen molar-refractivity contribution in [1.82, 2.24) is 4.31 Å². The lowest BCUT2D eigenvalue weighted by Crippen LogP contribution is -2.34. The lowest BCUT2D eigenvalue weighted by Gasteiger charge is -2.21. The van der Waals surface area contributed by atoms with Gasteiger partial charge in [0.25, 0.3) is 0 Å². The average Bonchev–Trinajstić information content (AvgIpc) is 2.44. The first-order valence-electron chi connectivity index (χ1n) is 6.26. The number of nitrogen functional groups attached to an aromatic ring is 1. The molecule has 0 aromatic heterocycles. The van der Waals surface area contributed by atoms with Crippen LogP contribution >= 0.6 is 11.6 Å². The summed E-state index contributed by atoms with van der Waals surface area (Å²) in [6.07, 6.45) is 0.102. The molecule has 0 heterocycles. The Morgan fingerprint density at radius 2 is 2.10 bits per heavy atom. The summed E-state index contributed by atoms with van der Waals surface area (Å²) < 4.78 is 31.4. The van der Waals surface area contributed by atoms with E-state index in [1.807, 2.05) is 6.07 Å². The highest BCUT2D eigenvalue weighted by Gasteiger charge is 2.25. The summed E-state index contributed by atoms with van der Waals surface area (Å²) in [5.74, 6) is 0. The third kappa shape index (κ3) is 4.32. The first-order valence-corrected chi connectivity index (χ1v) is 8.08. The highest BCUT2D eigenvalue weighted by Crippen LogP contribution is 2.28. The smallest absolute Gasteiger partial charge is 0.243 e. The molecular formula is C13H18ClN3O3S. The maximum absolute atomic E-state index is 12.6. The molecule has 0 saturated carbocycles. The molecule has 0 amide bonds. The maximum atomic E-state index is 12.6. The van der Waals surface area contributed by atoms with Gasteiger partial charge in [-0.1, -0.05) is 11.6 Å². The van der Waals surface area contributed by atoms with Crippen molar-refractivity contribution in [1.29, 1.82) is 5.26 Å². The molecule has 6 nitrogen and oxygen atoms in total. The number of nitriles is 1. The van der Waals surface area contributed by atoms with Gasteiger partial charge in [0.2, 0.25) is 10.0 Å². The number of hydrogen-bond acceptors (Lipinski definition) is 5. The van der Waals surface area contributed by atoms with E-state index in [0.29, 0.717) is 10.6 Å². The summed E-state index contributed by atoms with van der Waals surface area (Å²) in [6, 6.07) is 4.74. The van der Waals surface area contributed by atoms with Gasteiger partial charge in [-0.15, -0.1) is 0 Å². The standard InChI is InChI=1S/C13H18ClN3O3S/c1-10-8-11(9-12(16)13(10)14)21(18,19)17(5-3-4-15)6-7-20-2/h8-9H,3,5-7,16H2,1-2H3. The molecule has 116 valence electrons. The van der Waals surface area contributed by atoms with E-state index in [2.05, 4.69) is 0 Å². The van der Waals surface area contributed by atoms with Crippen LogP contribution in [-0.2, 0) is 14.8 Å². The molecule has 0 radical (unpaired) electrons. The Kier molecular flexibility index (Phi) is 6.42. The van der Waals surface area contributed by atoms with Crippen LogP contribution in [0.4, 0.5) is 5.69 Å². The molecule has 0 bridgehead atoms. The lowest BCUT2D eigenvalue weighted by molar-refractivity contribution is 0.179. The van der Waals surface area contributed by atoms with E-state index in [1.54, 1.807) is 6.92 Å². The summed E-state index contributed by atoms with van der Waals surface area (Å²) >= 11 is 5.95. The summed E-state index contributed by atoms with van der Waals surface area (Å²) in [4.78, 5) is 0.0657. The zero-order chi connectivity index (χ0) is 16.0. The molecule has 8 heteroatoms. The van der Waals surface area contributed by atoms with Crippen molar-refractivity contribution in [3.63, 3.8) is 0 Å². The van der Waals surface area contributed by atoms with Crippen molar-refractivity contribution in [3.05, 3.63) is 22.7 Å². The number of nitrogens with zero attached hydrogens (tertiary/aromatic N) is 2. The van der Waals surface area contributed by atoms with Gasteiger partial charge >= 0.3 is 0 Å². The normalized spacial score (nSPS) is 11.6. The van der Waals surface area contributed by atoms with Crippen LogP contribution in [0, 0.1) is 18.3 Å². The van der Waals surface area contributed by atoms with E-state index < -0.39 is 10.0 Å². The predicted octanol–water partition coefficient (Wildman–Crippen LogP) is 1.78. The van der Waals surface area contributed by atoms with E-state index in [4.69, 9.17) is 27.3 Å². The van der Waals surface area contributed by atoms with Crippen LogP contribution in [-0.4, -0.2) is 39.5 Å². The molecule has 1 aromatic rings. The Labute approximate surface area is 130 Å². The molecule has 0 fully saturated rings. The van der Waals surface area contributed by atoms with Gasteiger partial charge in [-0.2, -0.15) is 9.57 Å². The van der Waals surface area contributed by atoms with Crippen LogP contribution in [0.1, 0.15) is 12.0 Å². The van der Waals surface area contributed by atoms with Gasteiger partial charge in [0.15, 0.2) is 0 Å². The molecular weight excluding hydrogens is 314 g/mol. The van der Waals surface area contributed by atoms with Crippen molar-refractivity contribution in [2.24, 2.45) is 0 Å². The topological polar surface area (TPSA) is 96.4 Å². The van der Waals surface area contributed by atoms with Crippen LogP contribution in [0.25, 0.3) is 0 Å². The van der Waals surface area contributed by atoms with E-state index in [0.717, 1.165) is 0 Å². The summed E-state index contributed by atoms with van der Waals surface area (Å²) in [5, 5.41) is 9.00. The molecule has 1 aromatic carbocycles. The zero-order valence-electron chi connectivity index (χ0n) is 12.0. The second-order valence-electron chi connectivity index (χ2n) is 4.45. The minimum absolute atomic E-state index is 0.0657. The molecule has 21 heavy (non-hydrogen) atoms. The van der Waals surface area contributed by atoms with Crippen molar-refractivity contribution < 1.29 is 13.2 Å². The fourth-order valence-corrected chi connectivity index (χ4v) is 3.44. The minimum atomic E-state index is -3.74. The first-order chi connectivity index (χ1) is 9.84. The summed E-state index contributed by atoms with van der Waals surface area (Å²) in [6.45, 7) is 2.20. The Morgan fingerprint density at radius 1 is 1.43 bits per heavy atom. The zero-order valence-corrected chi connectivity index (χ0v) is 13.5. The Hall–Kier alpha value is -1.33. The summed E-state index contributed by atoms with van der Waals surface area (Å²) in [7, 11) is -2.26. The maximum Gasteiger partial charge on any atom is 0.243 e. The van der Waals surface area contributed by atoms with Crippen molar-refractivity contribution in [2.45, 2.75) is 18.2 Å². The predicted molar refractivity (Wildman–Crippen MR) is 81.5 cm³/mol. The van der Waals surface area contributed by atoms with Crippen LogP contribution in [0.3, 0.4) is 0 Å². The number of rotatable bonds is 7. The number of halogens is 1. The van der Waals surface area contributed by atoms with Gasteiger partial charge in [0, 0.05) is 26.6 Å². The summed E-state index contributed by atoms with van der Waals surface area (Å²) in [5.41, 5.74) is 6.52. The average molecular weight is 332 g/mol. The van der Waals surface area contributed by atoms with E-state index in [1.165, 1.54) is 23.5 Å². The minimum Gasteiger partial charge on any atom is -0.397 e. The van der Waals surface area contributed by atoms with E-state index >= 15 is 0 Å². The highest BCUT2D eigenvalue weighted by atomic mass is 35.5. The van der Waals surface area contributed by atoms with Gasteiger partial charge in [-0.25, -0.2) is 8.42 Å². The largest absolute Gasteiger partial charge is 0.397 e. The molecule has 0 saturated heterocycles. The number of anilines is 1. The number of aryl methyl sites for hydroxylation is 1. The fraction of sp³-hybridized carbons (Fsp3) is 0.462. The van der Waals surface area contributed by atoms with Crippen molar-refractivity contribution in [2.75, 3.05) is 32.5 Å². The molecule has 2 N–H and O–H groups in total. The van der Waals surface area contributed by atoms with Gasteiger partial charge in [0.05, 0.1) is 28.3 Å². The molecule has 0 aliphatic rings. The highest BCUT2D eigenvalue weighted by molar-refractivity contribution is 7.89. The second kappa shape index (κ2) is 7.61. The SMILES string of the molecule is COCCN(CCC#N)S(=O)(=O)c1cc(C)c(Cl)c(N)c1. The molecule has 0 atom stereocenters. The number of ether oxygens (including phenoxy) is 1. The van der Waals surface area contributed by atoms with Gasteiger partial charge in [-0.3, -0.25) is 0 Å². The molecule has 1 rings (SSSR count). The van der Waals surface area contributed by atoms with Crippen molar-refractivity contribution in [3.8, 4) is 6.07 Å². The molecule has 0 aliphatic carbocycles. The van der Waals surface area contributed by atoms with Gasteiger partial charge in [-0.05, 0) is 24.6 Å². The second-order valence-corrected chi connectivity index (χ2v) is 6.76. The van der Waals surface area contributed by atoms with E-state index in [9.17, 15) is 8.42 Å². The van der Waals surface area contributed by atoms with E-state index in [-0.39, 0.29) is 36.7 Å². The fourth-order valence-electron chi connectivity index (χ4n) is 1.78. The van der Waals surface area contributed by atoms with Gasteiger partial charge in [0.1, 0.15) is 0 Å². The number of methoxy groups -OCH3 is 1. The number of benzene rings is 1. The van der Waals surface area contributed by atoms with Crippen LogP contribution < -0.4 is 5.73 Å². The quantitative estimate of drug-likeness (QED) is 0.768. The first kappa shape index (κ1) is 17.7. The van der Waals surface area contributed by atoms with Crippen molar-refractivity contribution >= 4 is 27.3 Å². The Balaban J connectivity index is 3.18. The number of hydrogen-bond donors (Lipinski definition) is 1. The lowest BCUT2D eigenvalue weighted by atomic mass is 10.2. The van der Waals surface area contributed by atoms with Gasteiger partial charge < -0.3 is 10.5 Å². The monoisotopic (exact) mass is 331 g/mol. The Bertz CT molecular complexity index is 618. The third-order valence-electron chi connectivity index (χ3n) is 2.91.